The fourth-order valence-electron chi connectivity index (χ4n) is 1.75. The number of likely N-dealkylation sites (tertiary alicyclic amines) is 1. The highest BCUT2D eigenvalue weighted by molar-refractivity contribution is 7.99. The smallest absolute Gasteiger partial charge is 0.0922 e. The molecule has 2 heterocycles. The molecule has 2 rings (SSSR count). The van der Waals surface area contributed by atoms with Crippen LogP contribution in [-0.4, -0.2) is 39.5 Å². The van der Waals surface area contributed by atoms with E-state index in [1.807, 2.05) is 18.0 Å². The van der Waals surface area contributed by atoms with Crippen LogP contribution in [0.3, 0.4) is 0 Å². The highest BCUT2D eigenvalue weighted by Crippen LogP contribution is 2.20. The highest BCUT2D eigenvalue weighted by atomic mass is 32.2. The van der Waals surface area contributed by atoms with E-state index in [2.05, 4.69) is 21.1 Å². The van der Waals surface area contributed by atoms with Gasteiger partial charge in [0.1, 0.15) is 0 Å². The molecule has 0 spiro atoms. The zero-order chi connectivity index (χ0) is 9.10. The average molecular weight is 197 g/mol. The Kier molecular flexibility index (Phi) is 2.90. The van der Waals surface area contributed by atoms with Crippen LogP contribution in [0.25, 0.3) is 0 Å². The second-order valence-electron chi connectivity index (χ2n) is 3.46. The van der Waals surface area contributed by atoms with Crippen molar-refractivity contribution in [3.05, 3.63) is 18.2 Å². The monoisotopic (exact) mass is 197 g/mol. The molecule has 1 aromatic heterocycles. The molecule has 1 aliphatic rings. The number of rotatable bonds is 3. The molecule has 0 radical (unpaired) electrons. The third-order valence-electron chi connectivity index (χ3n) is 2.51. The number of nitrogens with one attached hydrogen (secondary N) is 1. The van der Waals surface area contributed by atoms with Crippen LogP contribution in [0, 0.1) is 0 Å². The Balaban J connectivity index is 1.84. The molecule has 1 atom stereocenters. The summed E-state index contributed by atoms with van der Waals surface area (Å²) < 4.78 is 0. The Morgan fingerprint density at radius 1 is 1.77 bits per heavy atom. The highest BCUT2D eigenvalue weighted by Gasteiger charge is 2.21. The van der Waals surface area contributed by atoms with Crippen molar-refractivity contribution in [3.8, 4) is 0 Å². The fourth-order valence-corrected chi connectivity index (χ4v) is 2.45. The van der Waals surface area contributed by atoms with Gasteiger partial charge in [-0.15, -0.1) is 0 Å². The molecule has 1 N–H and O–H groups in total. The first-order valence-corrected chi connectivity index (χ1v) is 5.89. The maximum absolute atomic E-state index is 4.02. The number of thioether (sulfide) groups is 1. The summed E-state index contributed by atoms with van der Waals surface area (Å²) in [6.45, 7) is 3.47. The first-order chi connectivity index (χ1) is 6.38. The lowest BCUT2D eigenvalue weighted by Crippen LogP contribution is -2.20. The van der Waals surface area contributed by atoms with Crippen molar-refractivity contribution in [3.63, 3.8) is 0 Å². The van der Waals surface area contributed by atoms with Crippen LogP contribution < -0.4 is 0 Å². The number of hydrogen-bond acceptors (Lipinski definition) is 3. The van der Waals surface area contributed by atoms with Gasteiger partial charge in [-0.05, 0) is 19.2 Å². The van der Waals surface area contributed by atoms with Gasteiger partial charge < -0.3 is 4.98 Å². The van der Waals surface area contributed by atoms with E-state index in [9.17, 15) is 0 Å². The molecule has 1 aromatic rings. The topological polar surface area (TPSA) is 31.9 Å². The number of nitrogens with zero attached hydrogens (tertiary/aromatic N) is 2. The van der Waals surface area contributed by atoms with Crippen LogP contribution in [0.2, 0.25) is 0 Å². The average Bonchev–Trinajstić information content (AvgIpc) is 2.76. The second-order valence-corrected chi connectivity index (χ2v) is 4.60. The number of H-pyrrole nitrogens is 1. The van der Waals surface area contributed by atoms with Gasteiger partial charge in [0.05, 0.1) is 6.33 Å². The van der Waals surface area contributed by atoms with Gasteiger partial charge in [-0.1, -0.05) is 0 Å². The van der Waals surface area contributed by atoms with Crippen LogP contribution >= 0.6 is 11.8 Å². The fraction of sp³-hybridized carbons (Fsp3) is 0.667. The number of aromatic nitrogens is 2. The van der Waals surface area contributed by atoms with Gasteiger partial charge in [0, 0.05) is 30.2 Å². The quantitative estimate of drug-likeness (QED) is 0.793. The lowest BCUT2D eigenvalue weighted by molar-refractivity contribution is 0.328. The maximum atomic E-state index is 4.02. The third-order valence-corrected chi connectivity index (χ3v) is 3.56. The molecule has 1 aliphatic heterocycles. The molecule has 1 fully saturated rings. The molecule has 13 heavy (non-hydrogen) atoms. The maximum Gasteiger partial charge on any atom is 0.0922 e. The SMILES string of the molecule is CSC1CCN(Cc2cnc[nH]2)C1. The summed E-state index contributed by atoms with van der Waals surface area (Å²) in [7, 11) is 0. The van der Waals surface area contributed by atoms with Crippen molar-refractivity contribution < 1.29 is 0 Å². The first-order valence-electron chi connectivity index (χ1n) is 4.61. The summed E-state index contributed by atoms with van der Waals surface area (Å²) in [5, 5.41) is 0.836. The summed E-state index contributed by atoms with van der Waals surface area (Å²) in [5.41, 5.74) is 1.22. The predicted molar refractivity (Wildman–Crippen MR) is 55.8 cm³/mol. The van der Waals surface area contributed by atoms with Crippen molar-refractivity contribution in [2.45, 2.75) is 18.2 Å². The van der Waals surface area contributed by atoms with E-state index in [1.54, 1.807) is 6.33 Å². The predicted octanol–water partition coefficient (Wildman–Crippen LogP) is 1.35. The Morgan fingerprint density at radius 2 is 2.69 bits per heavy atom. The molecule has 0 aromatic carbocycles. The second kappa shape index (κ2) is 4.15. The zero-order valence-corrected chi connectivity index (χ0v) is 8.68. The molecule has 0 saturated carbocycles. The first kappa shape index (κ1) is 9.09. The lowest BCUT2D eigenvalue weighted by Gasteiger charge is -2.13. The van der Waals surface area contributed by atoms with Gasteiger partial charge in [-0.25, -0.2) is 4.98 Å². The number of imidazole rings is 1. The van der Waals surface area contributed by atoms with Gasteiger partial charge in [0.15, 0.2) is 0 Å². The van der Waals surface area contributed by atoms with Crippen molar-refractivity contribution in [2.75, 3.05) is 19.3 Å². The molecule has 4 heteroatoms. The van der Waals surface area contributed by atoms with Crippen molar-refractivity contribution in [1.29, 1.82) is 0 Å². The van der Waals surface area contributed by atoms with E-state index in [1.165, 1.54) is 25.2 Å². The molecule has 3 nitrogen and oxygen atoms in total. The van der Waals surface area contributed by atoms with E-state index >= 15 is 0 Å². The lowest BCUT2D eigenvalue weighted by atomic mass is 10.4. The third kappa shape index (κ3) is 2.25. The molecule has 1 saturated heterocycles. The Morgan fingerprint density at radius 3 is 3.31 bits per heavy atom. The van der Waals surface area contributed by atoms with Gasteiger partial charge in [-0.2, -0.15) is 11.8 Å². The number of aromatic amines is 1. The normalized spacial score (nSPS) is 23.9. The molecule has 0 bridgehead atoms. The molecular formula is C9H15N3S. The Labute approximate surface area is 82.9 Å². The van der Waals surface area contributed by atoms with Crippen molar-refractivity contribution in [1.82, 2.24) is 14.9 Å². The van der Waals surface area contributed by atoms with Crippen LogP contribution in [0.15, 0.2) is 12.5 Å². The van der Waals surface area contributed by atoms with Gasteiger partial charge in [0.2, 0.25) is 0 Å². The van der Waals surface area contributed by atoms with Crippen LogP contribution in [-0.2, 0) is 6.54 Å². The van der Waals surface area contributed by atoms with E-state index < -0.39 is 0 Å². The Hall–Kier alpha value is -0.480. The summed E-state index contributed by atoms with van der Waals surface area (Å²) in [6, 6.07) is 0. The number of hydrogen-bond donors (Lipinski definition) is 1. The molecular weight excluding hydrogens is 182 g/mol. The summed E-state index contributed by atoms with van der Waals surface area (Å²) >= 11 is 1.98. The largest absolute Gasteiger partial charge is 0.347 e. The summed E-state index contributed by atoms with van der Waals surface area (Å²) in [5.74, 6) is 0. The minimum atomic E-state index is 0.836. The van der Waals surface area contributed by atoms with E-state index in [0.717, 1.165) is 11.8 Å². The minimum absolute atomic E-state index is 0.836. The molecule has 72 valence electrons. The van der Waals surface area contributed by atoms with E-state index in [0.29, 0.717) is 0 Å². The van der Waals surface area contributed by atoms with Gasteiger partial charge in [0.25, 0.3) is 0 Å². The molecule has 1 unspecified atom stereocenters. The minimum Gasteiger partial charge on any atom is -0.347 e. The van der Waals surface area contributed by atoms with Crippen molar-refractivity contribution >= 4 is 11.8 Å². The van der Waals surface area contributed by atoms with Crippen molar-refractivity contribution in [2.24, 2.45) is 0 Å². The zero-order valence-electron chi connectivity index (χ0n) is 7.86. The molecule has 0 amide bonds. The van der Waals surface area contributed by atoms with E-state index in [-0.39, 0.29) is 0 Å². The van der Waals surface area contributed by atoms with Gasteiger partial charge >= 0.3 is 0 Å². The van der Waals surface area contributed by atoms with Gasteiger partial charge in [-0.3, -0.25) is 4.90 Å². The summed E-state index contributed by atoms with van der Waals surface area (Å²) in [4.78, 5) is 9.63. The summed E-state index contributed by atoms with van der Waals surface area (Å²) in [6.07, 6.45) is 7.18. The van der Waals surface area contributed by atoms with Crippen LogP contribution in [0.5, 0.6) is 0 Å². The molecule has 0 aliphatic carbocycles. The Bertz CT molecular complexity index is 247. The van der Waals surface area contributed by atoms with E-state index in [4.69, 9.17) is 0 Å². The van der Waals surface area contributed by atoms with Crippen LogP contribution in [0.4, 0.5) is 0 Å². The standard InChI is InChI=1S/C9H15N3S/c1-13-9-2-3-12(6-9)5-8-4-10-7-11-8/h4,7,9H,2-3,5-6H2,1H3,(H,10,11). The van der Waals surface area contributed by atoms with Crippen LogP contribution in [0.1, 0.15) is 12.1 Å².